The maximum absolute atomic E-state index is 12.7. The number of hydrogen-bond acceptors (Lipinski definition) is 5. The molecule has 7 nitrogen and oxygen atoms in total. The van der Waals surface area contributed by atoms with E-state index in [0.29, 0.717) is 37.2 Å². The lowest BCUT2D eigenvalue weighted by molar-refractivity contribution is -0.122. The molecule has 0 aliphatic carbocycles. The number of aromatic nitrogens is 1. The summed E-state index contributed by atoms with van der Waals surface area (Å²) < 4.78 is 27.3. The molecule has 0 atom stereocenters. The van der Waals surface area contributed by atoms with Crippen LogP contribution in [0.25, 0.3) is 0 Å². The van der Waals surface area contributed by atoms with Crippen molar-refractivity contribution in [2.24, 2.45) is 0 Å². The van der Waals surface area contributed by atoms with Crippen molar-refractivity contribution in [1.82, 2.24) is 19.5 Å². The van der Waals surface area contributed by atoms with Crippen LogP contribution >= 0.6 is 27.5 Å². The summed E-state index contributed by atoms with van der Waals surface area (Å²) in [6.45, 7) is 4.33. The Hall–Kier alpha value is -0.740. The Morgan fingerprint density at radius 1 is 1.39 bits per heavy atom. The zero-order valence-electron chi connectivity index (χ0n) is 12.6. The SMILES string of the molecule is CCNC(=O)CN1CCN(S(=O)(=O)c2cc(Br)cnc2Cl)CC1. The normalized spacial score (nSPS) is 17.2. The van der Waals surface area contributed by atoms with Gasteiger partial charge in [-0.05, 0) is 28.9 Å². The molecule has 0 unspecified atom stereocenters. The number of hydrogen-bond donors (Lipinski definition) is 1. The van der Waals surface area contributed by atoms with Crippen molar-refractivity contribution < 1.29 is 13.2 Å². The van der Waals surface area contributed by atoms with Crippen LogP contribution < -0.4 is 5.32 Å². The van der Waals surface area contributed by atoms with E-state index in [1.165, 1.54) is 16.6 Å². The average molecular weight is 426 g/mol. The quantitative estimate of drug-likeness (QED) is 0.710. The van der Waals surface area contributed by atoms with E-state index in [4.69, 9.17) is 11.6 Å². The van der Waals surface area contributed by atoms with Crippen LogP contribution in [0.4, 0.5) is 0 Å². The van der Waals surface area contributed by atoms with Gasteiger partial charge in [-0.1, -0.05) is 11.6 Å². The van der Waals surface area contributed by atoms with Gasteiger partial charge in [-0.2, -0.15) is 4.31 Å². The molecule has 0 saturated carbocycles. The van der Waals surface area contributed by atoms with Gasteiger partial charge in [0.15, 0.2) is 0 Å². The summed E-state index contributed by atoms with van der Waals surface area (Å²) in [7, 11) is -3.70. The van der Waals surface area contributed by atoms with Gasteiger partial charge in [0.05, 0.1) is 6.54 Å². The summed E-state index contributed by atoms with van der Waals surface area (Å²) in [5, 5.41) is 2.69. The Balaban J connectivity index is 2.04. The second kappa shape index (κ2) is 7.89. The highest BCUT2D eigenvalue weighted by molar-refractivity contribution is 9.10. The summed E-state index contributed by atoms with van der Waals surface area (Å²) in [6.07, 6.45) is 1.45. The minimum Gasteiger partial charge on any atom is -0.355 e. The number of piperazine rings is 1. The fraction of sp³-hybridized carbons (Fsp3) is 0.538. The van der Waals surface area contributed by atoms with Crippen molar-refractivity contribution in [2.45, 2.75) is 11.8 Å². The third-order valence-electron chi connectivity index (χ3n) is 3.46. The first-order chi connectivity index (χ1) is 10.8. The molecule has 1 fully saturated rings. The van der Waals surface area contributed by atoms with Gasteiger partial charge in [-0.3, -0.25) is 9.69 Å². The van der Waals surface area contributed by atoms with E-state index in [-0.39, 0.29) is 22.5 Å². The largest absolute Gasteiger partial charge is 0.355 e. The predicted octanol–water partition coefficient (Wildman–Crippen LogP) is 0.940. The second-order valence-electron chi connectivity index (χ2n) is 5.08. The standard InChI is InChI=1S/C13H18BrClN4O3S/c1-2-16-12(20)9-18-3-5-19(6-4-18)23(21,22)11-7-10(14)8-17-13(11)15/h7-8H,2-6,9H2,1H3,(H,16,20). The number of pyridine rings is 1. The number of carbonyl (C=O) groups is 1. The minimum atomic E-state index is -3.70. The monoisotopic (exact) mass is 424 g/mol. The summed E-state index contributed by atoms with van der Waals surface area (Å²) in [5.41, 5.74) is 0. The van der Waals surface area contributed by atoms with Crippen LogP contribution in [0.15, 0.2) is 21.6 Å². The van der Waals surface area contributed by atoms with E-state index in [1.807, 2.05) is 11.8 Å². The Morgan fingerprint density at radius 2 is 2.04 bits per heavy atom. The third-order valence-corrected chi connectivity index (χ3v) is 6.22. The first kappa shape index (κ1) is 18.6. The molecule has 1 saturated heterocycles. The van der Waals surface area contributed by atoms with Crippen molar-refractivity contribution in [3.63, 3.8) is 0 Å². The molecular formula is C13H18BrClN4O3S. The average Bonchev–Trinajstić information content (AvgIpc) is 2.50. The highest BCUT2D eigenvalue weighted by Gasteiger charge is 2.31. The zero-order valence-corrected chi connectivity index (χ0v) is 15.8. The third kappa shape index (κ3) is 4.63. The van der Waals surface area contributed by atoms with Crippen LogP contribution in [0.3, 0.4) is 0 Å². The number of sulfonamides is 1. The van der Waals surface area contributed by atoms with Crippen LogP contribution in [0.5, 0.6) is 0 Å². The van der Waals surface area contributed by atoms with Crippen molar-refractivity contribution >= 4 is 43.5 Å². The molecule has 1 aromatic heterocycles. The van der Waals surface area contributed by atoms with E-state index in [2.05, 4.69) is 26.2 Å². The van der Waals surface area contributed by atoms with Gasteiger partial charge in [0.1, 0.15) is 10.0 Å². The Labute approximate surface area is 149 Å². The fourth-order valence-electron chi connectivity index (χ4n) is 2.31. The van der Waals surface area contributed by atoms with Crippen LogP contribution in [-0.2, 0) is 14.8 Å². The first-order valence-corrected chi connectivity index (χ1v) is 9.76. The molecule has 23 heavy (non-hydrogen) atoms. The van der Waals surface area contributed by atoms with Crippen molar-refractivity contribution in [3.05, 3.63) is 21.9 Å². The van der Waals surface area contributed by atoms with Gasteiger partial charge in [-0.25, -0.2) is 13.4 Å². The number of nitrogens with one attached hydrogen (secondary N) is 1. The predicted molar refractivity (Wildman–Crippen MR) is 90.8 cm³/mol. The van der Waals surface area contributed by atoms with Crippen LogP contribution in [0.1, 0.15) is 6.92 Å². The summed E-state index contributed by atoms with van der Waals surface area (Å²) >= 11 is 9.14. The molecule has 0 bridgehead atoms. The molecule has 0 spiro atoms. The van der Waals surface area contributed by atoms with Gasteiger partial charge in [0.25, 0.3) is 0 Å². The van der Waals surface area contributed by atoms with Crippen molar-refractivity contribution in [1.29, 1.82) is 0 Å². The summed E-state index contributed by atoms with van der Waals surface area (Å²) in [6, 6.07) is 1.45. The Kier molecular flexibility index (Phi) is 6.38. The zero-order chi connectivity index (χ0) is 17.0. The molecular weight excluding hydrogens is 408 g/mol. The number of carbonyl (C=O) groups excluding carboxylic acids is 1. The van der Waals surface area contributed by atoms with Crippen LogP contribution in [-0.4, -0.2) is 67.8 Å². The highest BCUT2D eigenvalue weighted by Crippen LogP contribution is 2.26. The van der Waals surface area contributed by atoms with Crippen molar-refractivity contribution in [3.8, 4) is 0 Å². The van der Waals surface area contributed by atoms with Gasteiger partial charge in [0.2, 0.25) is 15.9 Å². The molecule has 2 heterocycles. The van der Waals surface area contributed by atoms with E-state index >= 15 is 0 Å². The molecule has 1 amide bonds. The molecule has 10 heteroatoms. The Morgan fingerprint density at radius 3 is 2.65 bits per heavy atom. The van der Waals surface area contributed by atoms with Crippen LogP contribution in [0, 0.1) is 0 Å². The number of rotatable bonds is 5. The molecule has 0 aromatic carbocycles. The molecule has 1 aliphatic heterocycles. The summed E-state index contributed by atoms with van der Waals surface area (Å²) in [5.74, 6) is -0.0527. The number of amides is 1. The van der Waals surface area contributed by atoms with E-state index in [1.54, 1.807) is 0 Å². The molecule has 128 valence electrons. The topological polar surface area (TPSA) is 82.6 Å². The van der Waals surface area contributed by atoms with Gasteiger partial charge in [0, 0.05) is 43.4 Å². The molecule has 1 N–H and O–H groups in total. The molecule has 0 radical (unpaired) electrons. The number of likely N-dealkylation sites (N-methyl/N-ethyl adjacent to an activating group) is 1. The lowest BCUT2D eigenvalue weighted by atomic mass is 10.3. The van der Waals surface area contributed by atoms with Gasteiger partial charge < -0.3 is 5.32 Å². The lowest BCUT2D eigenvalue weighted by Gasteiger charge is -2.33. The van der Waals surface area contributed by atoms with E-state index in [9.17, 15) is 13.2 Å². The van der Waals surface area contributed by atoms with E-state index in [0.717, 1.165) is 0 Å². The molecule has 1 aromatic rings. The molecule has 2 rings (SSSR count). The number of nitrogens with zero attached hydrogens (tertiary/aromatic N) is 3. The maximum Gasteiger partial charge on any atom is 0.246 e. The van der Waals surface area contributed by atoms with Gasteiger partial charge in [-0.15, -0.1) is 0 Å². The first-order valence-electron chi connectivity index (χ1n) is 7.15. The molecule has 1 aliphatic rings. The minimum absolute atomic E-state index is 0.00859. The maximum atomic E-state index is 12.7. The van der Waals surface area contributed by atoms with Crippen LogP contribution in [0.2, 0.25) is 5.15 Å². The summed E-state index contributed by atoms with van der Waals surface area (Å²) in [4.78, 5) is 17.4. The fourth-order valence-corrected chi connectivity index (χ4v) is 4.65. The Bertz CT molecular complexity index is 678. The van der Waals surface area contributed by atoms with Gasteiger partial charge >= 0.3 is 0 Å². The van der Waals surface area contributed by atoms with Crippen molar-refractivity contribution in [2.75, 3.05) is 39.3 Å². The lowest BCUT2D eigenvalue weighted by Crippen LogP contribution is -2.51. The highest BCUT2D eigenvalue weighted by atomic mass is 79.9. The van der Waals surface area contributed by atoms with E-state index < -0.39 is 10.0 Å². The second-order valence-corrected chi connectivity index (χ2v) is 8.26. The number of halogens is 2. The smallest absolute Gasteiger partial charge is 0.246 e.